The van der Waals surface area contributed by atoms with Crippen molar-refractivity contribution >= 4 is 0 Å². The molecule has 0 spiro atoms. The monoisotopic (exact) mass is 129 g/mol. The Morgan fingerprint density at radius 2 is 1.89 bits per heavy atom. The van der Waals surface area contributed by atoms with Gasteiger partial charge in [0, 0.05) is 6.54 Å². The summed E-state index contributed by atoms with van der Waals surface area (Å²) < 4.78 is 0. The van der Waals surface area contributed by atoms with Crippen molar-refractivity contribution in [2.24, 2.45) is 5.92 Å². The van der Waals surface area contributed by atoms with Gasteiger partial charge in [0.05, 0.1) is 0 Å². The van der Waals surface area contributed by atoms with Crippen LogP contribution in [0.2, 0.25) is 0 Å². The van der Waals surface area contributed by atoms with Gasteiger partial charge in [-0.15, -0.1) is 0 Å². The largest absolute Gasteiger partial charge is 0.306 e. The topological polar surface area (TPSA) is 3.24 Å². The summed E-state index contributed by atoms with van der Waals surface area (Å²) in [5.41, 5.74) is 0. The number of rotatable bonds is 4. The Morgan fingerprint density at radius 3 is 2.22 bits per heavy atom. The van der Waals surface area contributed by atoms with E-state index in [-0.39, 0.29) is 0 Å². The van der Waals surface area contributed by atoms with Crippen LogP contribution in [0, 0.1) is 5.92 Å². The maximum absolute atomic E-state index is 2.36. The summed E-state index contributed by atoms with van der Waals surface area (Å²) in [5, 5.41) is 0. The number of hydrogen-bond donors (Lipinski definition) is 0. The third-order valence-corrected chi connectivity index (χ3v) is 1.86. The number of hydrogen-bond acceptors (Lipinski definition) is 1. The molecule has 0 heterocycles. The van der Waals surface area contributed by atoms with Crippen LogP contribution in [0.25, 0.3) is 0 Å². The molecule has 9 heavy (non-hydrogen) atoms. The lowest BCUT2D eigenvalue weighted by atomic mass is 10.1. The SMILES string of the molecule is CCC(C)CN(C)CC. The van der Waals surface area contributed by atoms with Gasteiger partial charge in [0.15, 0.2) is 0 Å². The van der Waals surface area contributed by atoms with Crippen molar-refractivity contribution in [1.29, 1.82) is 0 Å². The predicted octanol–water partition coefficient (Wildman–Crippen LogP) is 1.98. The van der Waals surface area contributed by atoms with Crippen molar-refractivity contribution in [3.8, 4) is 0 Å². The van der Waals surface area contributed by atoms with Crippen LogP contribution in [0.1, 0.15) is 27.2 Å². The molecule has 0 amide bonds. The zero-order valence-electron chi connectivity index (χ0n) is 7.15. The van der Waals surface area contributed by atoms with Gasteiger partial charge in [-0.1, -0.05) is 27.2 Å². The van der Waals surface area contributed by atoms with Crippen molar-refractivity contribution in [2.75, 3.05) is 20.1 Å². The Bertz CT molecular complexity index is 53.6. The van der Waals surface area contributed by atoms with Gasteiger partial charge in [0.2, 0.25) is 0 Å². The summed E-state index contributed by atoms with van der Waals surface area (Å²) in [6.07, 6.45) is 1.30. The summed E-state index contributed by atoms with van der Waals surface area (Å²) in [4.78, 5) is 2.36. The molecule has 0 fully saturated rings. The fourth-order valence-electron chi connectivity index (χ4n) is 0.790. The van der Waals surface area contributed by atoms with Gasteiger partial charge >= 0.3 is 0 Å². The average molecular weight is 129 g/mol. The standard InChI is InChI=1S/C8H19N/c1-5-8(3)7-9(4)6-2/h8H,5-7H2,1-4H3. The molecule has 0 aromatic rings. The Morgan fingerprint density at radius 1 is 1.33 bits per heavy atom. The molecule has 1 unspecified atom stereocenters. The Hall–Kier alpha value is -0.0400. The second-order valence-electron chi connectivity index (χ2n) is 2.87. The highest BCUT2D eigenvalue weighted by molar-refractivity contribution is 4.54. The van der Waals surface area contributed by atoms with Gasteiger partial charge < -0.3 is 4.90 Å². The van der Waals surface area contributed by atoms with Gasteiger partial charge in [0.25, 0.3) is 0 Å². The molecule has 1 atom stereocenters. The maximum atomic E-state index is 2.36. The fourth-order valence-corrected chi connectivity index (χ4v) is 0.790. The normalized spacial score (nSPS) is 14.3. The van der Waals surface area contributed by atoms with E-state index in [2.05, 4.69) is 32.7 Å². The minimum absolute atomic E-state index is 0.856. The lowest BCUT2D eigenvalue weighted by Gasteiger charge is -2.17. The summed E-state index contributed by atoms with van der Waals surface area (Å²) in [7, 11) is 2.17. The molecule has 0 aliphatic heterocycles. The van der Waals surface area contributed by atoms with Crippen LogP contribution in [-0.2, 0) is 0 Å². The summed E-state index contributed by atoms with van der Waals surface area (Å²) in [5.74, 6) is 0.856. The van der Waals surface area contributed by atoms with E-state index in [4.69, 9.17) is 0 Å². The Kier molecular flexibility index (Phi) is 4.78. The molecule has 0 aromatic carbocycles. The van der Waals surface area contributed by atoms with Gasteiger partial charge in [-0.25, -0.2) is 0 Å². The van der Waals surface area contributed by atoms with E-state index in [0.29, 0.717) is 0 Å². The van der Waals surface area contributed by atoms with Gasteiger partial charge in [-0.2, -0.15) is 0 Å². The van der Waals surface area contributed by atoms with Crippen molar-refractivity contribution in [3.05, 3.63) is 0 Å². The van der Waals surface area contributed by atoms with E-state index in [1.54, 1.807) is 0 Å². The predicted molar refractivity (Wildman–Crippen MR) is 42.6 cm³/mol. The first-order valence-corrected chi connectivity index (χ1v) is 3.89. The van der Waals surface area contributed by atoms with Crippen LogP contribution in [0.4, 0.5) is 0 Å². The van der Waals surface area contributed by atoms with Crippen LogP contribution in [0.15, 0.2) is 0 Å². The molecule has 1 heteroatoms. The van der Waals surface area contributed by atoms with Crippen LogP contribution in [-0.4, -0.2) is 25.0 Å². The Balaban J connectivity index is 3.22. The molecule has 1 nitrogen and oxygen atoms in total. The van der Waals surface area contributed by atoms with Gasteiger partial charge in [0.1, 0.15) is 0 Å². The molecule has 0 aromatic heterocycles. The minimum Gasteiger partial charge on any atom is -0.306 e. The molecule has 56 valence electrons. The lowest BCUT2D eigenvalue weighted by Crippen LogP contribution is -2.23. The van der Waals surface area contributed by atoms with Gasteiger partial charge in [-0.3, -0.25) is 0 Å². The molecule has 0 rings (SSSR count). The van der Waals surface area contributed by atoms with Crippen molar-refractivity contribution < 1.29 is 0 Å². The van der Waals surface area contributed by atoms with Crippen LogP contribution in [0.3, 0.4) is 0 Å². The smallest absolute Gasteiger partial charge is 0.000375 e. The first-order chi connectivity index (χ1) is 4.20. The molecule has 0 N–H and O–H groups in total. The highest BCUT2D eigenvalue weighted by Crippen LogP contribution is 2.01. The van der Waals surface area contributed by atoms with E-state index in [0.717, 1.165) is 5.92 Å². The van der Waals surface area contributed by atoms with Crippen LogP contribution in [0.5, 0.6) is 0 Å². The Labute approximate surface area is 59.1 Å². The van der Waals surface area contributed by atoms with E-state index in [1.807, 2.05) is 0 Å². The molecular formula is C8H19N. The average Bonchev–Trinajstić information content (AvgIpc) is 1.87. The highest BCUT2D eigenvalue weighted by atomic mass is 15.1. The third kappa shape index (κ3) is 4.46. The van der Waals surface area contributed by atoms with E-state index in [9.17, 15) is 0 Å². The summed E-state index contributed by atoms with van der Waals surface area (Å²) in [6, 6.07) is 0. The highest BCUT2D eigenvalue weighted by Gasteiger charge is 2.00. The van der Waals surface area contributed by atoms with Crippen molar-refractivity contribution in [3.63, 3.8) is 0 Å². The first kappa shape index (κ1) is 8.96. The molecule has 0 aliphatic carbocycles. The zero-order chi connectivity index (χ0) is 7.28. The van der Waals surface area contributed by atoms with Crippen molar-refractivity contribution in [2.45, 2.75) is 27.2 Å². The molecular weight excluding hydrogens is 110 g/mol. The van der Waals surface area contributed by atoms with E-state index < -0.39 is 0 Å². The lowest BCUT2D eigenvalue weighted by molar-refractivity contribution is 0.295. The summed E-state index contributed by atoms with van der Waals surface area (Å²) in [6.45, 7) is 9.15. The molecule has 0 aliphatic rings. The van der Waals surface area contributed by atoms with E-state index in [1.165, 1.54) is 19.5 Å². The molecule has 0 radical (unpaired) electrons. The number of nitrogens with zero attached hydrogens (tertiary/aromatic N) is 1. The zero-order valence-corrected chi connectivity index (χ0v) is 7.15. The molecule has 0 saturated heterocycles. The second kappa shape index (κ2) is 4.80. The second-order valence-corrected chi connectivity index (χ2v) is 2.87. The quantitative estimate of drug-likeness (QED) is 0.561. The van der Waals surface area contributed by atoms with E-state index >= 15 is 0 Å². The third-order valence-electron chi connectivity index (χ3n) is 1.86. The first-order valence-electron chi connectivity index (χ1n) is 3.89. The minimum atomic E-state index is 0.856. The molecule has 0 saturated carbocycles. The molecule has 0 bridgehead atoms. The van der Waals surface area contributed by atoms with Crippen LogP contribution >= 0.6 is 0 Å². The summed E-state index contributed by atoms with van der Waals surface area (Å²) >= 11 is 0. The fraction of sp³-hybridized carbons (Fsp3) is 1.00. The van der Waals surface area contributed by atoms with Crippen molar-refractivity contribution in [1.82, 2.24) is 4.90 Å². The maximum Gasteiger partial charge on any atom is 0.000375 e. The van der Waals surface area contributed by atoms with Gasteiger partial charge in [-0.05, 0) is 19.5 Å². The van der Waals surface area contributed by atoms with Crippen LogP contribution < -0.4 is 0 Å².